The number of nitrogens with one attached hydrogen (secondary N) is 1. The third-order valence-corrected chi connectivity index (χ3v) is 7.58. The second-order valence-corrected chi connectivity index (χ2v) is 9.67. The summed E-state index contributed by atoms with van der Waals surface area (Å²) in [5.74, 6) is 1.51. The molecule has 0 bridgehead atoms. The van der Waals surface area contributed by atoms with E-state index in [0.29, 0.717) is 5.56 Å². The van der Waals surface area contributed by atoms with E-state index in [2.05, 4.69) is 49.7 Å². The molecule has 3 heterocycles. The molecule has 1 N–H and O–H groups in total. The first-order valence-electron chi connectivity index (χ1n) is 12.5. The van der Waals surface area contributed by atoms with Gasteiger partial charge in [0.25, 0.3) is 5.56 Å². The Labute approximate surface area is 203 Å². The van der Waals surface area contributed by atoms with Gasteiger partial charge in [-0.1, -0.05) is 43.5 Å². The van der Waals surface area contributed by atoms with E-state index < -0.39 is 0 Å². The Morgan fingerprint density at radius 3 is 2.71 bits per heavy atom. The minimum Gasteiger partial charge on any atom is -0.497 e. The van der Waals surface area contributed by atoms with Crippen LogP contribution in [0.1, 0.15) is 66.7 Å². The number of tetrazole rings is 1. The lowest BCUT2D eigenvalue weighted by molar-refractivity contribution is 0.187. The van der Waals surface area contributed by atoms with Gasteiger partial charge in [-0.15, -0.1) is 5.10 Å². The molecule has 8 heteroatoms. The number of fused-ring (bicyclic) bond motifs is 2. The third kappa shape index (κ3) is 4.12. The number of aromatic nitrogens is 5. The van der Waals surface area contributed by atoms with Crippen molar-refractivity contribution in [3.63, 3.8) is 0 Å². The van der Waals surface area contributed by atoms with Gasteiger partial charge in [-0.05, 0) is 65.1 Å². The largest absolute Gasteiger partial charge is 0.497 e. The van der Waals surface area contributed by atoms with Crippen LogP contribution < -0.4 is 10.3 Å². The molecule has 8 nitrogen and oxygen atoms in total. The van der Waals surface area contributed by atoms with Crippen molar-refractivity contribution in [3.8, 4) is 5.75 Å². The number of pyridine rings is 1. The fourth-order valence-electron chi connectivity index (χ4n) is 5.73. The van der Waals surface area contributed by atoms with Gasteiger partial charge in [0.15, 0.2) is 5.82 Å². The second kappa shape index (κ2) is 9.26. The van der Waals surface area contributed by atoms with Gasteiger partial charge < -0.3 is 9.72 Å². The zero-order chi connectivity index (χ0) is 23.8. The van der Waals surface area contributed by atoms with E-state index in [1.54, 1.807) is 7.11 Å². The number of aromatic amines is 1. The van der Waals surface area contributed by atoms with E-state index in [0.717, 1.165) is 54.8 Å². The number of benzene rings is 2. The van der Waals surface area contributed by atoms with E-state index in [-0.39, 0.29) is 17.6 Å². The molecule has 1 saturated carbocycles. The predicted molar refractivity (Wildman–Crippen MR) is 133 cm³/mol. The number of H-pyrrole nitrogens is 1. The van der Waals surface area contributed by atoms with Crippen molar-refractivity contribution in [2.24, 2.45) is 0 Å². The molecule has 2 aromatic heterocycles. The van der Waals surface area contributed by atoms with Gasteiger partial charge in [0, 0.05) is 29.6 Å². The van der Waals surface area contributed by atoms with Crippen LogP contribution in [-0.4, -0.2) is 43.7 Å². The summed E-state index contributed by atoms with van der Waals surface area (Å²) in [6.07, 6.45) is 6.69. The number of methoxy groups -OCH3 is 1. The lowest BCUT2D eigenvalue weighted by Crippen LogP contribution is -2.39. The molecule has 2 aliphatic rings. The first kappa shape index (κ1) is 22.0. The van der Waals surface area contributed by atoms with Crippen molar-refractivity contribution >= 4 is 10.9 Å². The van der Waals surface area contributed by atoms with Crippen molar-refractivity contribution in [2.75, 3.05) is 13.7 Å². The Balaban J connectivity index is 1.49. The maximum absolute atomic E-state index is 13.5. The van der Waals surface area contributed by atoms with Gasteiger partial charge in [-0.25, -0.2) is 4.68 Å². The number of ether oxygens (including phenoxy) is 1. The summed E-state index contributed by atoms with van der Waals surface area (Å²) in [6, 6.07) is 16.2. The highest BCUT2D eigenvalue weighted by atomic mass is 16.5. The van der Waals surface area contributed by atoms with Gasteiger partial charge in [-0.2, -0.15) is 0 Å². The van der Waals surface area contributed by atoms with Gasteiger partial charge in [-0.3, -0.25) is 9.69 Å². The Morgan fingerprint density at radius 1 is 1.06 bits per heavy atom. The first-order chi connectivity index (χ1) is 17.2. The molecule has 6 rings (SSSR count). The number of rotatable bonds is 5. The van der Waals surface area contributed by atoms with E-state index in [1.807, 2.05) is 28.9 Å². The topological polar surface area (TPSA) is 88.9 Å². The summed E-state index contributed by atoms with van der Waals surface area (Å²) < 4.78 is 7.44. The third-order valence-electron chi connectivity index (χ3n) is 7.58. The van der Waals surface area contributed by atoms with Gasteiger partial charge in [0.1, 0.15) is 11.8 Å². The molecule has 1 unspecified atom stereocenters. The van der Waals surface area contributed by atoms with Gasteiger partial charge in [0.2, 0.25) is 0 Å². The molecular weight excluding hydrogens is 440 g/mol. The van der Waals surface area contributed by atoms with Crippen molar-refractivity contribution < 1.29 is 4.74 Å². The van der Waals surface area contributed by atoms with Crippen LogP contribution in [0.2, 0.25) is 0 Å². The van der Waals surface area contributed by atoms with Crippen LogP contribution in [0.5, 0.6) is 5.75 Å². The van der Waals surface area contributed by atoms with E-state index in [9.17, 15) is 4.79 Å². The molecule has 1 fully saturated rings. The standard InChI is InChI=1S/C27H30N6O2/c1-35-22-11-12-24-20(15-22)16-23(27(34)28-24)25(32-14-13-18-7-5-6-8-19(18)17-32)26-29-30-31-33(26)21-9-3-2-4-10-21/h5-8,11-12,15-16,21,25H,2-4,9-10,13-14,17H2,1H3,(H,28,34). The summed E-state index contributed by atoms with van der Waals surface area (Å²) in [5.41, 5.74) is 4.00. The highest BCUT2D eigenvalue weighted by Crippen LogP contribution is 2.35. The molecule has 2 aromatic carbocycles. The fraction of sp³-hybridized carbons (Fsp3) is 0.407. The van der Waals surface area contributed by atoms with Crippen LogP contribution in [0.4, 0.5) is 0 Å². The van der Waals surface area contributed by atoms with E-state index in [4.69, 9.17) is 4.74 Å². The summed E-state index contributed by atoms with van der Waals surface area (Å²) in [5, 5.41) is 14.0. The maximum Gasteiger partial charge on any atom is 0.253 e. The summed E-state index contributed by atoms with van der Waals surface area (Å²) in [4.78, 5) is 19.0. The molecule has 0 spiro atoms. The van der Waals surface area contributed by atoms with Crippen LogP contribution >= 0.6 is 0 Å². The molecule has 35 heavy (non-hydrogen) atoms. The monoisotopic (exact) mass is 470 g/mol. The van der Waals surface area contributed by atoms with Crippen molar-refractivity contribution in [1.29, 1.82) is 0 Å². The SMILES string of the molecule is COc1ccc2[nH]c(=O)c(C(c3nnnn3C3CCCCC3)N3CCc4ccccc4C3)cc2c1. The van der Waals surface area contributed by atoms with Crippen LogP contribution in [0.15, 0.2) is 53.3 Å². The minimum atomic E-state index is -0.348. The quantitative estimate of drug-likeness (QED) is 0.471. The Hall–Kier alpha value is -3.52. The van der Waals surface area contributed by atoms with E-state index >= 15 is 0 Å². The Morgan fingerprint density at radius 2 is 1.89 bits per heavy atom. The number of hydrogen-bond acceptors (Lipinski definition) is 6. The van der Waals surface area contributed by atoms with Crippen molar-refractivity contribution in [1.82, 2.24) is 30.1 Å². The summed E-state index contributed by atoms with van der Waals surface area (Å²) in [7, 11) is 1.65. The Kier molecular flexibility index (Phi) is 5.82. The van der Waals surface area contributed by atoms with Crippen molar-refractivity contribution in [3.05, 3.63) is 81.4 Å². The van der Waals surface area contributed by atoms with Crippen molar-refractivity contribution in [2.45, 2.75) is 57.2 Å². The summed E-state index contributed by atoms with van der Waals surface area (Å²) in [6.45, 7) is 1.57. The predicted octanol–water partition coefficient (Wildman–Crippen LogP) is 4.18. The fourth-order valence-corrected chi connectivity index (χ4v) is 5.73. The minimum absolute atomic E-state index is 0.107. The Bertz CT molecular complexity index is 1400. The molecule has 4 aromatic rings. The van der Waals surface area contributed by atoms with Gasteiger partial charge in [0.05, 0.1) is 13.2 Å². The van der Waals surface area contributed by atoms with Crippen LogP contribution in [0.25, 0.3) is 10.9 Å². The molecule has 0 saturated heterocycles. The molecule has 0 radical (unpaired) electrons. The zero-order valence-corrected chi connectivity index (χ0v) is 20.0. The highest BCUT2D eigenvalue weighted by molar-refractivity contribution is 5.80. The lowest BCUT2D eigenvalue weighted by atomic mass is 9.94. The smallest absolute Gasteiger partial charge is 0.253 e. The molecule has 0 amide bonds. The maximum atomic E-state index is 13.5. The molecular formula is C27H30N6O2. The van der Waals surface area contributed by atoms with Crippen LogP contribution in [0.3, 0.4) is 0 Å². The number of hydrogen-bond donors (Lipinski definition) is 1. The molecule has 1 aliphatic heterocycles. The molecule has 180 valence electrons. The first-order valence-corrected chi connectivity index (χ1v) is 12.5. The summed E-state index contributed by atoms with van der Waals surface area (Å²) >= 11 is 0. The van der Waals surface area contributed by atoms with E-state index in [1.165, 1.54) is 30.4 Å². The molecule has 1 atom stereocenters. The van der Waals surface area contributed by atoms with Gasteiger partial charge >= 0.3 is 0 Å². The lowest BCUT2D eigenvalue weighted by Gasteiger charge is -2.35. The second-order valence-electron chi connectivity index (χ2n) is 9.67. The normalized spacial score (nSPS) is 17.9. The van der Waals surface area contributed by atoms with Crippen LogP contribution in [0, 0.1) is 0 Å². The zero-order valence-electron chi connectivity index (χ0n) is 20.0. The number of nitrogens with zero attached hydrogens (tertiary/aromatic N) is 5. The average Bonchev–Trinajstić information content (AvgIpc) is 3.39. The van der Waals surface area contributed by atoms with Crippen LogP contribution in [-0.2, 0) is 13.0 Å². The highest BCUT2D eigenvalue weighted by Gasteiger charge is 2.34. The molecule has 1 aliphatic carbocycles. The average molecular weight is 471 g/mol.